The number of carboxylic acids is 2. The second-order valence-corrected chi connectivity index (χ2v) is 2.40. The lowest BCUT2D eigenvalue weighted by molar-refractivity contribution is -0.138. The second-order valence-electron chi connectivity index (χ2n) is 2.40. The third-order valence-electron chi connectivity index (χ3n) is 1.19. The smallest absolute Gasteiger partial charge is 0.303 e. The molecule has 0 unspecified atom stereocenters. The summed E-state index contributed by atoms with van der Waals surface area (Å²) in [4.78, 5) is 26.0. The predicted octanol–water partition coefficient (Wildman–Crippen LogP) is 0.736. The van der Waals surface area contributed by atoms with E-state index in [1.54, 1.807) is 18.7 Å². The van der Waals surface area contributed by atoms with E-state index >= 15 is 0 Å². The lowest BCUT2D eigenvalue weighted by Crippen LogP contribution is -1.98. The second kappa shape index (κ2) is 7.78. The maximum Gasteiger partial charge on any atom is 0.303 e. The van der Waals surface area contributed by atoms with Crippen LogP contribution < -0.4 is 0 Å². The standard InChI is InChI=1S/C5H8O4.C3H4N2/c6-4(7)2-1-3-5(8)9;1-2-5-3-4-1/h1-3H2,(H,6,7)(H,8,9);1-3H,(H,4,5). The van der Waals surface area contributed by atoms with Crippen molar-refractivity contribution in [1.82, 2.24) is 9.97 Å². The zero-order chi connectivity index (χ0) is 10.8. The first-order valence-corrected chi connectivity index (χ1v) is 3.99. The molecule has 78 valence electrons. The minimum absolute atomic E-state index is 0.0632. The van der Waals surface area contributed by atoms with Gasteiger partial charge in [-0.15, -0.1) is 0 Å². The number of nitrogens with one attached hydrogen (secondary N) is 1. The summed E-state index contributed by atoms with van der Waals surface area (Å²) in [5.74, 6) is -1.90. The van der Waals surface area contributed by atoms with E-state index in [1.165, 1.54) is 0 Å². The summed E-state index contributed by atoms with van der Waals surface area (Å²) >= 11 is 0. The van der Waals surface area contributed by atoms with E-state index in [2.05, 4.69) is 9.97 Å². The van der Waals surface area contributed by atoms with Gasteiger partial charge in [-0.2, -0.15) is 0 Å². The van der Waals surface area contributed by atoms with E-state index in [9.17, 15) is 9.59 Å². The molecule has 0 aliphatic heterocycles. The SMILES string of the molecule is O=C(O)CCCC(=O)O.c1c[nH]cn1. The summed E-state index contributed by atoms with van der Waals surface area (Å²) in [6, 6.07) is 0. The van der Waals surface area contributed by atoms with Crippen molar-refractivity contribution in [2.24, 2.45) is 0 Å². The molecule has 0 amide bonds. The van der Waals surface area contributed by atoms with Crippen molar-refractivity contribution in [3.63, 3.8) is 0 Å². The summed E-state index contributed by atoms with van der Waals surface area (Å²) in [6.07, 6.45) is 5.17. The molecular formula is C8H12N2O4. The molecule has 0 fully saturated rings. The normalized spacial score (nSPS) is 8.57. The van der Waals surface area contributed by atoms with Gasteiger partial charge in [0.05, 0.1) is 6.33 Å². The molecule has 14 heavy (non-hydrogen) atoms. The fourth-order valence-corrected chi connectivity index (χ4v) is 0.606. The highest BCUT2D eigenvalue weighted by molar-refractivity contribution is 5.69. The third kappa shape index (κ3) is 10.2. The number of carbonyl (C=O) groups is 2. The Morgan fingerprint density at radius 1 is 1.21 bits per heavy atom. The van der Waals surface area contributed by atoms with Gasteiger partial charge in [0.15, 0.2) is 0 Å². The maximum atomic E-state index is 9.79. The number of H-pyrrole nitrogens is 1. The monoisotopic (exact) mass is 200 g/mol. The fraction of sp³-hybridized carbons (Fsp3) is 0.375. The number of carboxylic acid groups (broad SMARTS) is 2. The van der Waals surface area contributed by atoms with Crippen LogP contribution in [0.1, 0.15) is 19.3 Å². The molecule has 0 saturated heterocycles. The number of aliphatic carboxylic acids is 2. The molecule has 0 bridgehead atoms. The van der Waals surface area contributed by atoms with Gasteiger partial charge in [0.1, 0.15) is 0 Å². The van der Waals surface area contributed by atoms with Crippen LogP contribution in [0.15, 0.2) is 18.7 Å². The maximum absolute atomic E-state index is 9.79. The predicted molar refractivity (Wildman–Crippen MR) is 47.7 cm³/mol. The highest BCUT2D eigenvalue weighted by Crippen LogP contribution is 1.93. The minimum atomic E-state index is -0.948. The van der Waals surface area contributed by atoms with Crippen molar-refractivity contribution in [3.05, 3.63) is 18.7 Å². The van der Waals surface area contributed by atoms with Gasteiger partial charge in [-0.05, 0) is 6.42 Å². The molecule has 6 heteroatoms. The molecule has 6 nitrogen and oxygen atoms in total. The van der Waals surface area contributed by atoms with Crippen molar-refractivity contribution in [2.45, 2.75) is 19.3 Å². The van der Waals surface area contributed by atoms with Crippen LogP contribution in [0.25, 0.3) is 0 Å². The van der Waals surface area contributed by atoms with Crippen molar-refractivity contribution in [2.75, 3.05) is 0 Å². The van der Waals surface area contributed by atoms with E-state index in [4.69, 9.17) is 10.2 Å². The molecule has 1 rings (SSSR count). The van der Waals surface area contributed by atoms with E-state index < -0.39 is 11.9 Å². The number of nitrogens with zero attached hydrogens (tertiary/aromatic N) is 1. The zero-order valence-corrected chi connectivity index (χ0v) is 7.51. The fourth-order valence-electron chi connectivity index (χ4n) is 0.606. The van der Waals surface area contributed by atoms with E-state index in [0.29, 0.717) is 0 Å². The van der Waals surface area contributed by atoms with E-state index in [0.717, 1.165) is 0 Å². The molecule has 0 spiro atoms. The van der Waals surface area contributed by atoms with E-state index in [1.807, 2.05) is 0 Å². The Morgan fingerprint density at radius 2 is 1.79 bits per heavy atom. The van der Waals surface area contributed by atoms with Crippen LogP contribution in [0.3, 0.4) is 0 Å². The van der Waals surface area contributed by atoms with Gasteiger partial charge < -0.3 is 15.2 Å². The molecule has 0 atom stereocenters. The third-order valence-corrected chi connectivity index (χ3v) is 1.19. The summed E-state index contributed by atoms with van der Waals surface area (Å²) in [7, 11) is 0. The minimum Gasteiger partial charge on any atom is -0.481 e. The van der Waals surface area contributed by atoms with Crippen LogP contribution >= 0.6 is 0 Å². The van der Waals surface area contributed by atoms with Gasteiger partial charge in [-0.3, -0.25) is 9.59 Å². The number of hydrogen-bond donors (Lipinski definition) is 3. The van der Waals surface area contributed by atoms with Gasteiger partial charge in [0.2, 0.25) is 0 Å². The Kier molecular flexibility index (Phi) is 6.75. The molecule has 0 aromatic carbocycles. The van der Waals surface area contributed by atoms with Gasteiger partial charge >= 0.3 is 11.9 Å². The molecule has 1 heterocycles. The average molecular weight is 200 g/mol. The van der Waals surface area contributed by atoms with Gasteiger partial charge in [0.25, 0.3) is 0 Å². The van der Waals surface area contributed by atoms with Crippen LogP contribution in [0.5, 0.6) is 0 Å². The van der Waals surface area contributed by atoms with Crippen LogP contribution in [0.4, 0.5) is 0 Å². The lowest BCUT2D eigenvalue weighted by Gasteiger charge is -1.89. The number of aromatic nitrogens is 2. The number of hydrogen-bond acceptors (Lipinski definition) is 3. The summed E-state index contributed by atoms with van der Waals surface area (Å²) in [5, 5.41) is 16.1. The molecule has 0 aliphatic carbocycles. The lowest BCUT2D eigenvalue weighted by atomic mass is 10.2. The number of rotatable bonds is 4. The van der Waals surface area contributed by atoms with E-state index in [-0.39, 0.29) is 19.3 Å². The highest BCUT2D eigenvalue weighted by atomic mass is 16.4. The first-order valence-electron chi connectivity index (χ1n) is 3.99. The Bertz CT molecular complexity index is 227. The molecule has 1 aromatic heterocycles. The van der Waals surface area contributed by atoms with Crippen molar-refractivity contribution in [3.8, 4) is 0 Å². The topological polar surface area (TPSA) is 103 Å². The van der Waals surface area contributed by atoms with Crippen molar-refractivity contribution >= 4 is 11.9 Å². The van der Waals surface area contributed by atoms with Crippen LogP contribution in [0, 0.1) is 0 Å². The highest BCUT2D eigenvalue weighted by Gasteiger charge is 1.99. The number of imidazole rings is 1. The Hall–Kier alpha value is -1.85. The quantitative estimate of drug-likeness (QED) is 0.664. The number of aromatic amines is 1. The Morgan fingerprint density at radius 3 is 2.00 bits per heavy atom. The first kappa shape index (κ1) is 12.2. The Labute approximate surface area is 80.6 Å². The van der Waals surface area contributed by atoms with Gasteiger partial charge in [-0.25, -0.2) is 4.98 Å². The van der Waals surface area contributed by atoms with Crippen molar-refractivity contribution < 1.29 is 19.8 Å². The zero-order valence-electron chi connectivity index (χ0n) is 7.51. The van der Waals surface area contributed by atoms with Crippen LogP contribution in [-0.2, 0) is 9.59 Å². The molecular weight excluding hydrogens is 188 g/mol. The average Bonchev–Trinajstić information content (AvgIpc) is 2.58. The van der Waals surface area contributed by atoms with Crippen molar-refractivity contribution in [1.29, 1.82) is 0 Å². The molecule has 0 saturated carbocycles. The Balaban J connectivity index is 0.000000280. The summed E-state index contributed by atoms with van der Waals surface area (Å²) in [5.41, 5.74) is 0. The van der Waals surface area contributed by atoms with Gasteiger partial charge in [-0.1, -0.05) is 0 Å². The van der Waals surface area contributed by atoms with Crippen LogP contribution in [-0.4, -0.2) is 32.1 Å². The molecule has 0 aliphatic rings. The molecule has 3 N–H and O–H groups in total. The summed E-state index contributed by atoms with van der Waals surface area (Å²) < 4.78 is 0. The van der Waals surface area contributed by atoms with Gasteiger partial charge in [0, 0.05) is 25.2 Å². The molecule has 0 radical (unpaired) electrons. The summed E-state index contributed by atoms with van der Waals surface area (Å²) in [6.45, 7) is 0. The largest absolute Gasteiger partial charge is 0.481 e. The first-order chi connectivity index (χ1) is 6.63. The van der Waals surface area contributed by atoms with Crippen LogP contribution in [0.2, 0.25) is 0 Å². The molecule has 1 aromatic rings.